The van der Waals surface area contributed by atoms with E-state index in [0.717, 1.165) is 0 Å². The monoisotopic (exact) mass is 517 g/mol. The molecule has 190 valence electrons. The van der Waals surface area contributed by atoms with Gasteiger partial charge in [0.05, 0.1) is 11.7 Å². The number of hydrogen-bond donors (Lipinski definition) is 6. The van der Waals surface area contributed by atoms with Crippen LogP contribution in [0.2, 0.25) is 0 Å². The molecule has 2 aromatic heterocycles. The standard InChI is InChI=1S/C21H32N3O8PS/c1-5-20(4,28)33(29,30)32-21(6-2,7-3)9-13-14(25)15(26)16(31-13)12-8-11-10-22-19(27)24-17(11)23-18(12)34/h8,10,13-16,25-26,28H,5-7,9H2,1-4H3,(H,29,30)(H2,22,23,24,27,34). The van der Waals surface area contributed by atoms with Crippen molar-refractivity contribution in [1.29, 1.82) is 0 Å². The molecule has 0 spiro atoms. The van der Waals surface area contributed by atoms with Crippen molar-refractivity contribution in [2.75, 3.05) is 0 Å². The number of aromatic amines is 2. The van der Waals surface area contributed by atoms with Crippen LogP contribution in [-0.2, 0) is 13.8 Å². The number of rotatable bonds is 9. The average Bonchev–Trinajstić information content (AvgIpc) is 3.05. The van der Waals surface area contributed by atoms with Crippen LogP contribution in [0.5, 0.6) is 0 Å². The molecule has 0 aromatic carbocycles. The van der Waals surface area contributed by atoms with Gasteiger partial charge in [0.2, 0.25) is 0 Å². The van der Waals surface area contributed by atoms with Gasteiger partial charge < -0.3 is 29.9 Å². The van der Waals surface area contributed by atoms with Gasteiger partial charge >= 0.3 is 13.3 Å². The molecule has 0 radical (unpaired) electrons. The number of H-pyrrole nitrogens is 2. The van der Waals surface area contributed by atoms with Crippen molar-refractivity contribution in [2.24, 2.45) is 0 Å². The van der Waals surface area contributed by atoms with E-state index in [1.807, 2.05) is 0 Å². The molecule has 6 unspecified atom stereocenters. The summed E-state index contributed by atoms with van der Waals surface area (Å²) in [5.74, 6) is 0. The molecular formula is C21H32N3O8PS. The zero-order chi connectivity index (χ0) is 25.5. The molecule has 1 aliphatic rings. The lowest BCUT2D eigenvalue weighted by atomic mass is 9.88. The van der Waals surface area contributed by atoms with Crippen molar-refractivity contribution in [2.45, 2.75) is 88.7 Å². The van der Waals surface area contributed by atoms with Crippen LogP contribution in [0.15, 0.2) is 17.1 Å². The second kappa shape index (κ2) is 9.87. The van der Waals surface area contributed by atoms with Crippen molar-refractivity contribution < 1.29 is 34.0 Å². The third-order valence-corrected chi connectivity index (χ3v) is 9.29. The Balaban J connectivity index is 1.90. The van der Waals surface area contributed by atoms with Crippen molar-refractivity contribution in [3.8, 4) is 0 Å². The van der Waals surface area contributed by atoms with Gasteiger partial charge in [-0.15, -0.1) is 0 Å². The van der Waals surface area contributed by atoms with Crippen LogP contribution in [-0.4, -0.2) is 64.4 Å². The minimum atomic E-state index is -4.46. The Bertz CT molecular complexity index is 1190. The summed E-state index contributed by atoms with van der Waals surface area (Å²) in [4.78, 5) is 31.0. The number of aromatic nitrogens is 3. The van der Waals surface area contributed by atoms with E-state index in [9.17, 15) is 29.6 Å². The highest BCUT2D eigenvalue weighted by Gasteiger charge is 2.51. The van der Waals surface area contributed by atoms with Crippen LogP contribution in [0, 0.1) is 4.64 Å². The number of nitrogens with zero attached hydrogens (tertiary/aromatic N) is 1. The summed E-state index contributed by atoms with van der Waals surface area (Å²) in [6, 6.07) is 1.61. The number of ether oxygens (including phenoxy) is 1. The minimum Gasteiger partial charge on any atom is -0.388 e. The van der Waals surface area contributed by atoms with E-state index in [2.05, 4.69) is 15.0 Å². The van der Waals surface area contributed by atoms with Crippen LogP contribution in [0.1, 0.15) is 65.0 Å². The fraction of sp³-hybridized carbons (Fsp3) is 0.667. The SMILES string of the molecule is CCC(CC)(CC1OC(c2cc3cnc(=O)[nH]c3[nH]c2=S)C(O)C1O)OP(=O)(O)C(C)(O)CC. The summed E-state index contributed by atoms with van der Waals surface area (Å²) in [5.41, 5.74) is -0.979. The molecule has 3 rings (SSSR count). The van der Waals surface area contributed by atoms with E-state index in [1.54, 1.807) is 26.8 Å². The summed E-state index contributed by atoms with van der Waals surface area (Å²) >= 11 is 5.38. The Morgan fingerprint density at radius 3 is 2.44 bits per heavy atom. The molecule has 6 N–H and O–H groups in total. The number of nitrogens with one attached hydrogen (secondary N) is 2. The van der Waals surface area contributed by atoms with Crippen molar-refractivity contribution in [1.82, 2.24) is 15.0 Å². The first kappa shape index (κ1) is 27.1. The first-order valence-corrected chi connectivity index (χ1v) is 13.2. The zero-order valence-electron chi connectivity index (χ0n) is 19.5. The third-order valence-electron chi connectivity index (χ3n) is 6.78. The summed E-state index contributed by atoms with van der Waals surface area (Å²) < 4.78 is 24.8. The fourth-order valence-corrected chi connectivity index (χ4v) is 5.78. The normalized spacial score (nSPS) is 26.9. The van der Waals surface area contributed by atoms with Gasteiger partial charge in [-0.3, -0.25) is 14.1 Å². The summed E-state index contributed by atoms with van der Waals surface area (Å²) in [6.07, 6.45) is -2.63. The summed E-state index contributed by atoms with van der Waals surface area (Å²) in [6.45, 7) is 6.36. The molecular weight excluding hydrogens is 485 g/mol. The summed E-state index contributed by atoms with van der Waals surface area (Å²) in [7, 11) is -4.46. The van der Waals surface area contributed by atoms with E-state index < -0.39 is 48.6 Å². The molecule has 3 heterocycles. The molecule has 1 saturated heterocycles. The smallest absolute Gasteiger partial charge is 0.359 e. The Kier molecular flexibility index (Phi) is 7.86. The maximum atomic E-state index is 12.9. The van der Waals surface area contributed by atoms with Gasteiger partial charge in [0, 0.05) is 23.6 Å². The van der Waals surface area contributed by atoms with Crippen molar-refractivity contribution in [3.63, 3.8) is 0 Å². The Hall–Kier alpha value is -1.50. The first-order chi connectivity index (χ1) is 15.8. The fourth-order valence-electron chi connectivity index (χ4n) is 4.05. The molecule has 0 saturated carbocycles. The Morgan fingerprint density at radius 1 is 1.21 bits per heavy atom. The number of hydrogen-bond acceptors (Lipinski definition) is 9. The van der Waals surface area contributed by atoms with E-state index >= 15 is 0 Å². The molecule has 34 heavy (non-hydrogen) atoms. The largest absolute Gasteiger partial charge is 0.388 e. The quantitative estimate of drug-likeness (QED) is 0.214. The molecule has 0 bridgehead atoms. The van der Waals surface area contributed by atoms with Gasteiger partial charge in [-0.05, 0) is 32.3 Å². The number of aliphatic hydroxyl groups excluding tert-OH is 2. The Morgan fingerprint density at radius 2 is 1.85 bits per heavy atom. The van der Waals surface area contributed by atoms with Gasteiger partial charge in [0.25, 0.3) is 0 Å². The Labute approximate surface area is 201 Å². The van der Waals surface area contributed by atoms with Gasteiger partial charge in [-0.1, -0.05) is 33.0 Å². The van der Waals surface area contributed by atoms with Crippen molar-refractivity contribution >= 4 is 30.8 Å². The number of aliphatic hydroxyl groups is 3. The van der Waals surface area contributed by atoms with E-state index in [-0.39, 0.29) is 17.5 Å². The van der Waals surface area contributed by atoms with E-state index in [1.165, 1.54) is 13.1 Å². The highest BCUT2D eigenvalue weighted by Crippen LogP contribution is 2.59. The molecule has 6 atom stereocenters. The molecule has 13 heteroatoms. The molecule has 0 aliphatic carbocycles. The van der Waals surface area contributed by atoms with Crippen LogP contribution in [0.4, 0.5) is 0 Å². The van der Waals surface area contributed by atoms with Crippen LogP contribution in [0.25, 0.3) is 11.0 Å². The van der Waals surface area contributed by atoms with Crippen LogP contribution < -0.4 is 5.69 Å². The second-order valence-corrected chi connectivity index (χ2v) is 11.5. The molecule has 11 nitrogen and oxygen atoms in total. The number of fused-ring (bicyclic) bond motifs is 1. The topological polar surface area (TPSA) is 178 Å². The molecule has 0 amide bonds. The van der Waals surface area contributed by atoms with Crippen LogP contribution >= 0.6 is 19.8 Å². The minimum absolute atomic E-state index is 0.00198. The second-order valence-electron chi connectivity index (χ2n) is 8.93. The van der Waals surface area contributed by atoms with Gasteiger partial charge in [-0.25, -0.2) is 9.78 Å². The van der Waals surface area contributed by atoms with Crippen LogP contribution in [0.3, 0.4) is 0 Å². The predicted octanol–water partition coefficient (Wildman–Crippen LogP) is 2.41. The highest BCUT2D eigenvalue weighted by molar-refractivity contribution is 7.71. The zero-order valence-corrected chi connectivity index (χ0v) is 21.2. The van der Waals surface area contributed by atoms with E-state index in [0.29, 0.717) is 29.4 Å². The number of pyridine rings is 1. The maximum absolute atomic E-state index is 12.9. The maximum Gasteiger partial charge on any atom is 0.359 e. The predicted molar refractivity (Wildman–Crippen MR) is 127 cm³/mol. The van der Waals surface area contributed by atoms with Crippen molar-refractivity contribution in [3.05, 3.63) is 33.0 Å². The van der Waals surface area contributed by atoms with Gasteiger partial charge in [0.15, 0.2) is 5.34 Å². The lowest BCUT2D eigenvalue weighted by Gasteiger charge is -2.39. The molecule has 1 aliphatic heterocycles. The summed E-state index contributed by atoms with van der Waals surface area (Å²) in [5, 5.41) is 30.5. The lowest BCUT2D eigenvalue weighted by molar-refractivity contribution is -0.0618. The molecule has 2 aromatic rings. The lowest BCUT2D eigenvalue weighted by Crippen LogP contribution is -2.41. The molecule has 1 fully saturated rings. The first-order valence-electron chi connectivity index (χ1n) is 11.2. The average molecular weight is 518 g/mol. The van der Waals surface area contributed by atoms with Gasteiger partial charge in [-0.2, -0.15) is 0 Å². The third kappa shape index (κ3) is 5.05. The highest BCUT2D eigenvalue weighted by atomic mass is 32.1. The van der Waals surface area contributed by atoms with Gasteiger partial charge in [0.1, 0.15) is 28.6 Å². The van der Waals surface area contributed by atoms with E-state index in [4.69, 9.17) is 21.5 Å².